The van der Waals surface area contributed by atoms with E-state index in [0.717, 1.165) is 23.2 Å². The Hall–Kier alpha value is -3.68. The number of rotatable bonds is 5. The Labute approximate surface area is 179 Å². The lowest BCUT2D eigenvalue weighted by molar-refractivity contribution is -0.117. The first-order chi connectivity index (χ1) is 15.2. The zero-order valence-corrected chi connectivity index (χ0v) is 17.0. The number of aromatic nitrogens is 1. The zero-order valence-electron chi connectivity index (χ0n) is 17.0. The number of hydrogen-bond acceptors (Lipinski definition) is 4. The number of nitrogens with zero attached hydrogens (tertiary/aromatic N) is 1. The van der Waals surface area contributed by atoms with Gasteiger partial charge >= 0.3 is 6.03 Å². The van der Waals surface area contributed by atoms with Gasteiger partial charge in [0, 0.05) is 48.4 Å². The second kappa shape index (κ2) is 8.22. The van der Waals surface area contributed by atoms with Gasteiger partial charge in [0.25, 0.3) is 0 Å². The molecule has 0 aliphatic carbocycles. The van der Waals surface area contributed by atoms with Crippen LogP contribution in [-0.4, -0.2) is 49.3 Å². The molecule has 0 saturated carbocycles. The van der Waals surface area contributed by atoms with Crippen LogP contribution in [0.15, 0.2) is 48.7 Å². The first-order valence-electron chi connectivity index (χ1n) is 10.5. The number of carbonyl (C=O) groups is 2. The summed E-state index contributed by atoms with van der Waals surface area (Å²) in [5.74, 6) is 1.30. The molecule has 5 rings (SSSR count). The number of carbonyl (C=O) groups excluding carboxylic acids is 2. The van der Waals surface area contributed by atoms with Crippen LogP contribution in [-0.2, 0) is 11.2 Å². The lowest BCUT2D eigenvalue weighted by atomic mass is 10.1. The Balaban J connectivity index is 1.14. The molecule has 1 saturated heterocycles. The molecular weight excluding hydrogens is 396 g/mol. The molecule has 8 nitrogen and oxygen atoms in total. The summed E-state index contributed by atoms with van der Waals surface area (Å²) < 4.78 is 11.1. The predicted molar refractivity (Wildman–Crippen MR) is 117 cm³/mol. The highest BCUT2D eigenvalue weighted by Gasteiger charge is 2.32. The molecule has 0 unspecified atom stereocenters. The monoisotopic (exact) mass is 420 g/mol. The van der Waals surface area contributed by atoms with Gasteiger partial charge in [-0.05, 0) is 30.2 Å². The van der Waals surface area contributed by atoms with Crippen LogP contribution in [0.5, 0.6) is 11.5 Å². The summed E-state index contributed by atoms with van der Waals surface area (Å²) in [6.07, 6.45) is 2.97. The van der Waals surface area contributed by atoms with Crippen LogP contribution in [0.3, 0.4) is 0 Å². The molecule has 2 aromatic carbocycles. The highest BCUT2D eigenvalue weighted by atomic mass is 16.6. The van der Waals surface area contributed by atoms with E-state index in [4.69, 9.17) is 9.47 Å². The smallest absolute Gasteiger partial charge is 0.315 e. The Morgan fingerprint density at radius 3 is 2.87 bits per heavy atom. The minimum Gasteiger partial charge on any atom is -0.486 e. The minimum absolute atomic E-state index is 0.0271. The lowest BCUT2D eigenvalue weighted by Gasteiger charge is -2.22. The SMILES string of the molecule is O=C(NCCc1c[nH]c2ccccc12)N[C@@H]1CC(=O)N(c2ccc3c(c2)OCCO3)C1. The molecule has 1 aromatic heterocycles. The summed E-state index contributed by atoms with van der Waals surface area (Å²) in [6, 6.07) is 13.1. The first-order valence-corrected chi connectivity index (χ1v) is 10.5. The van der Waals surface area contributed by atoms with Gasteiger partial charge in [-0.1, -0.05) is 18.2 Å². The van der Waals surface area contributed by atoms with Crippen molar-refractivity contribution in [2.24, 2.45) is 0 Å². The van der Waals surface area contributed by atoms with Crippen molar-refractivity contribution >= 4 is 28.5 Å². The number of para-hydroxylation sites is 1. The highest BCUT2D eigenvalue weighted by molar-refractivity contribution is 5.97. The van der Waals surface area contributed by atoms with Crippen LogP contribution in [0.2, 0.25) is 0 Å². The van der Waals surface area contributed by atoms with Crippen LogP contribution < -0.4 is 25.0 Å². The van der Waals surface area contributed by atoms with Crippen molar-refractivity contribution in [1.29, 1.82) is 0 Å². The van der Waals surface area contributed by atoms with Crippen LogP contribution in [0.25, 0.3) is 10.9 Å². The second-order valence-corrected chi connectivity index (χ2v) is 7.74. The van der Waals surface area contributed by atoms with E-state index >= 15 is 0 Å². The van der Waals surface area contributed by atoms with Gasteiger partial charge in [0.05, 0.1) is 6.04 Å². The average Bonchev–Trinajstić information content (AvgIpc) is 3.36. The Morgan fingerprint density at radius 1 is 1.13 bits per heavy atom. The highest BCUT2D eigenvalue weighted by Crippen LogP contribution is 2.35. The van der Waals surface area contributed by atoms with Crippen LogP contribution in [0.4, 0.5) is 10.5 Å². The van der Waals surface area contributed by atoms with Gasteiger partial charge in [-0.2, -0.15) is 0 Å². The summed E-state index contributed by atoms with van der Waals surface area (Å²) in [7, 11) is 0. The van der Waals surface area contributed by atoms with E-state index in [1.54, 1.807) is 4.90 Å². The number of nitrogens with one attached hydrogen (secondary N) is 3. The van der Waals surface area contributed by atoms with Crippen molar-refractivity contribution in [3.05, 3.63) is 54.2 Å². The number of urea groups is 1. The topological polar surface area (TPSA) is 95.7 Å². The molecule has 3 aromatic rings. The molecule has 3 amide bonds. The number of H-pyrrole nitrogens is 1. The molecule has 2 aliphatic rings. The van der Waals surface area contributed by atoms with E-state index in [9.17, 15) is 9.59 Å². The lowest BCUT2D eigenvalue weighted by Crippen LogP contribution is -2.43. The summed E-state index contributed by atoms with van der Waals surface area (Å²) >= 11 is 0. The second-order valence-electron chi connectivity index (χ2n) is 7.74. The number of ether oxygens (including phenoxy) is 2. The van der Waals surface area contributed by atoms with E-state index in [2.05, 4.69) is 21.7 Å². The van der Waals surface area contributed by atoms with Crippen molar-refractivity contribution < 1.29 is 19.1 Å². The molecule has 0 bridgehead atoms. The number of benzene rings is 2. The Morgan fingerprint density at radius 2 is 1.97 bits per heavy atom. The maximum absolute atomic E-state index is 12.5. The van der Waals surface area contributed by atoms with Gasteiger partial charge < -0.3 is 30.0 Å². The summed E-state index contributed by atoms with van der Waals surface area (Å²) in [6.45, 7) is 1.96. The Bertz CT molecular complexity index is 1130. The van der Waals surface area contributed by atoms with Crippen molar-refractivity contribution in [3.63, 3.8) is 0 Å². The predicted octanol–water partition coefficient (Wildman–Crippen LogP) is 2.59. The quantitative estimate of drug-likeness (QED) is 0.591. The molecule has 0 radical (unpaired) electrons. The van der Waals surface area contributed by atoms with Gasteiger partial charge in [0.2, 0.25) is 5.91 Å². The van der Waals surface area contributed by atoms with E-state index in [1.165, 1.54) is 5.39 Å². The fourth-order valence-corrected chi connectivity index (χ4v) is 4.14. The molecule has 1 atom stereocenters. The van der Waals surface area contributed by atoms with Gasteiger partial charge in [0.15, 0.2) is 11.5 Å². The number of fused-ring (bicyclic) bond motifs is 2. The van der Waals surface area contributed by atoms with Crippen molar-refractivity contribution in [3.8, 4) is 11.5 Å². The molecule has 8 heteroatoms. The van der Waals surface area contributed by atoms with Gasteiger partial charge in [-0.25, -0.2) is 4.79 Å². The van der Waals surface area contributed by atoms with Crippen LogP contribution in [0, 0.1) is 0 Å². The molecule has 0 spiro atoms. The standard InChI is InChI=1S/C23H24N4O4/c28-22-11-16(14-27(22)17-5-6-20-21(12-17)31-10-9-30-20)26-23(29)24-8-7-15-13-25-19-4-2-1-3-18(15)19/h1-6,12-13,16,25H,7-11,14H2,(H2,24,26,29)/t16-/m1/s1. The van der Waals surface area contributed by atoms with Crippen molar-refractivity contribution in [2.45, 2.75) is 18.9 Å². The molecule has 160 valence electrons. The molecule has 3 N–H and O–H groups in total. The normalized spacial score (nSPS) is 17.7. The number of amides is 3. The first kappa shape index (κ1) is 19.3. The zero-order chi connectivity index (χ0) is 21.2. The van der Waals surface area contributed by atoms with Crippen molar-refractivity contribution in [1.82, 2.24) is 15.6 Å². The van der Waals surface area contributed by atoms with Crippen LogP contribution >= 0.6 is 0 Å². The maximum atomic E-state index is 12.5. The van der Waals surface area contributed by atoms with E-state index in [-0.39, 0.29) is 24.4 Å². The third kappa shape index (κ3) is 4.01. The number of aromatic amines is 1. The van der Waals surface area contributed by atoms with Gasteiger partial charge in [-0.3, -0.25) is 4.79 Å². The van der Waals surface area contributed by atoms with E-state index in [0.29, 0.717) is 37.8 Å². The summed E-state index contributed by atoms with van der Waals surface area (Å²) in [4.78, 5) is 29.8. The largest absolute Gasteiger partial charge is 0.486 e. The van der Waals surface area contributed by atoms with Crippen molar-refractivity contribution in [2.75, 3.05) is 31.2 Å². The fraction of sp³-hybridized carbons (Fsp3) is 0.304. The molecular formula is C23H24N4O4. The number of hydrogen-bond donors (Lipinski definition) is 3. The summed E-state index contributed by atoms with van der Waals surface area (Å²) in [5.41, 5.74) is 3.00. The third-order valence-electron chi connectivity index (χ3n) is 5.65. The van der Waals surface area contributed by atoms with E-state index < -0.39 is 0 Å². The average molecular weight is 420 g/mol. The molecule has 31 heavy (non-hydrogen) atoms. The molecule has 1 fully saturated rings. The van der Waals surface area contributed by atoms with Crippen LogP contribution in [0.1, 0.15) is 12.0 Å². The van der Waals surface area contributed by atoms with Gasteiger partial charge in [-0.15, -0.1) is 0 Å². The fourth-order valence-electron chi connectivity index (χ4n) is 4.14. The summed E-state index contributed by atoms with van der Waals surface area (Å²) in [5, 5.41) is 6.97. The van der Waals surface area contributed by atoms with Gasteiger partial charge in [0.1, 0.15) is 13.2 Å². The Kier molecular flexibility index (Phi) is 5.11. The number of anilines is 1. The molecule has 2 aliphatic heterocycles. The maximum Gasteiger partial charge on any atom is 0.315 e. The molecule has 3 heterocycles. The third-order valence-corrected chi connectivity index (χ3v) is 5.65. The van der Waals surface area contributed by atoms with E-state index in [1.807, 2.05) is 42.6 Å². The minimum atomic E-state index is -0.262.